The lowest BCUT2D eigenvalue weighted by Gasteiger charge is -2.19. The van der Waals surface area contributed by atoms with Gasteiger partial charge in [-0.1, -0.05) is 29.8 Å². The van der Waals surface area contributed by atoms with Crippen molar-refractivity contribution in [1.82, 2.24) is 10.2 Å². The summed E-state index contributed by atoms with van der Waals surface area (Å²) in [6.07, 6.45) is 0.769. The summed E-state index contributed by atoms with van der Waals surface area (Å²) < 4.78 is 5.66. The first-order chi connectivity index (χ1) is 12.5. The molecule has 0 atom stereocenters. The van der Waals surface area contributed by atoms with Crippen molar-refractivity contribution in [2.75, 3.05) is 39.2 Å². The van der Waals surface area contributed by atoms with Crippen LogP contribution >= 0.6 is 0 Å². The molecule has 26 heavy (non-hydrogen) atoms. The average molecular weight is 355 g/mol. The van der Waals surface area contributed by atoms with Crippen LogP contribution in [0.15, 0.2) is 48.5 Å². The van der Waals surface area contributed by atoms with E-state index in [9.17, 15) is 4.79 Å². The van der Waals surface area contributed by atoms with Crippen LogP contribution in [0.2, 0.25) is 0 Å². The predicted molar refractivity (Wildman–Crippen MR) is 107 cm³/mol. The molecule has 2 aromatic carbocycles. The zero-order valence-corrected chi connectivity index (χ0v) is 16.2. The summed E-state index contributed by atoms with van der Waals surface area (Å²) in [5.74, 6) is 0.861. The predicted octanol–water partition coefficient (Wildman–Crippen LogP) is 3.67. The van der Waals surface area contributed by atoms with Crippen LogP contribution in [0.4, 0.5) is 10.5 Å². The number of ether oxygens (including phenoxy) is 1. The Kier molecular flexibility index (Phi) is 7.33. The van der Waals surface area contributed by atoms with Crippen LogP contribution in [-0.2, 0) is 6.54 Å². The second-order valence-corrected chi connectivity index (χ2v) is 6.66. The number of hydrogen-bond donors (Lipinski definition) is 1. The monoisotopic (exact) mass is 355 g/mol. The molecular formula is C21H29N3O2. The zero-order chi connectivity index (χ0) is 18.9. The number of aryl methyl sites for hydroxylation is 1. The number of nitrogens with zero attached hydrogens (tertiary/aromatic N) is 2. The van der Waals surface area contributed by atoms with E-state index in [4.69, 9.17) is 4.74 Å². The molecule has 0 aliphatic rings. The topological polar surface area (TPSA) is 44.8 Å². The molecule has 0 heterocycles. The van der Waals surface area contributed by atoms with E-state index < -0.39 is 0 Å². The molecule has 0 saturated carbocycles. The molecule has 5 nitrogen and oxygen atoms in total. The van der Waals surface area contributed by atoms with Crippen LogP contribution in [0.5, 0.6) is 5.75 Å². The lowest BCUT2D eigenvalue weighted by molar-refractivity contribution is 0.205. The van der Waals surface area contributed by atoms with Crippen molar-refractivity contribution in [3.05, 3.63) is 59.7 Å². The molecule has 2 rings (SSSR count). The van der Waals surface area contributed by atoms with Gasteiger partial charge in [0.1, 0.15) is 5.75 Å². The summed E-state index contributed by atoms with van der Waals surface area (Å²) in [4.78, 5) is 15.9. The highest BCUT2D eigenvalue weighted by Crippen LogP contribution is 2.13. The Morgan fingerprint density at radius 1 is 1.00 bits per heavy atom. The van der Waals surface area contributed by atoms with Gasteiger partial charge >= 0.3 is 6.03 Å². The van der Waals surface area contributed by atoms with E-state index in [0.29, 0.717) is 19.7 Å². The maximum Gasteiger partial charge on any atom is 0.317 e. The quantitative estimate of drug-likeness (QED) is 0.735. The number of benzene rings is 2. The largest absolute Gasteiger partial charge is 0.494 e. The van der Waals surface area contributed by atoms with Crippen molar-refractivity contribution in [2.45, 2.75) is 19.9 Å². The molecule has 2 aromatic rings. The third-order valence-corrected chi connectivity index (χ3v) is 4.11. The van der Waals surface area contributed by atoms with Gasteiger partial charge in [-0.05, 0) is 43.2 Å². The van der Waals surface area contributed by atoms with E-state index in [2.05, 4.69) is 34.5 Å². The smallest absolute Gasteiger partial charge is 0.317 e. The van der Waals surface area contributed by atoms with Gasteiger partial charge < -0.3 is 19.9 Å². The number of amides is 2. The molecule has 0 unspecified atom stereocenters. The first-order valence-corrected chi connectivity index (χ1v) is 8.90. The summed E-state index contributed by atoms with van der Waals surface area (Å²) in [6.45, 7) is 3.81. The Morgan fingerprint density at radius 3 is 2.27 bits per heavy atom. The lowest BCUT2D eigenvalue weighted by Crippen LogP contribution is -2.37. The van der Waals surface area contributed by atoms with Gasteiger partial charge in [0.05, 0.1) is 6.61 Å². The maximum absolute atomic E-state index is 12.2. The second-order valence-electron chi connectivity index (χ2n) is 6.66. The molecule has 0 saturated heterocycles. The minimum Gasteiger partial charge on any atom is -0.494 e. The summed E-state index contributed by atoms with van der Waals surface area (Å²) in [7, 11) is 5.83. The molecule has 5 heteroatoms. The van der Waals surface area contributed by atoms with E-state index in [1.54, 1.807) is 11.9 Å². The molecule has 0 spiro atoms. The van der Waals surface area contributed by atoms with Crippen molar-refractivity contribution in [3.8, 4) is 5.75 Å². The SMILES string of the molecule is Cc1ccc(OCCCNC(=O)N(C)Cc2ccc(N(C)C)cc2)cc1. The first-order valence-electron chi connectivity index (χ1n) is 8.90. The fraction of sp³-hybridized carbons (Fsp3) is 0.381. The molecule has 2 amide bonds. The normalized spacial score (nSPS) is 10.3. The van der Waals surface area contributed by atoms with Crippen LogP contribution in [0, 0.1) is 6.92 Å². The molecular weight excluding hydrogens is 326 g/mol. The summed E-state index contributed by atoms with van der Waals surface area (Å²) >= 11 is 0. The van der Waals surface area contributed by atoms with Crippen LogP contribution in [0.3, 0.4) is 0 Å². The molecule has 0 aromatic heterocycles. The van der Waals surface area contributed by atoms with E-state index >= 15 is 0 Å². The van der Waals surface area contributed by atoms with Gasteiger partial charge in [-0.2, -0.15) is 0 Å². The van der Waals surface area contributed by atoms with E-state index in [1.165, 1.54) is 5.56 Å². The van der Waals surface area contributed by atoms with Gasteiger partial charge in [0.25, 0.3) is 0 Å². The van der Waals surface area contributed by atoms with Gasteiger partial charge in [0, 0.05) is 39.9 Å². The Morgan fingerprint density at radius 2 is 1.65 bits per heavy atom. The zero-order valence-electron chi connectivity index (χ0n) is 16.2. The second kappa shape index (κ2) is 9.70. The van der Waals surface area contributed by atoms with Gasteiger partial charge in [0.2, 0.25) is 0 Å². The van der Waals surface area contributed by atoms with Gasteiger partial charge in [-0.3, -0.25) is 0 Å². The number of carbonyl (C=O) groups is 1. The Labute approximate surface area is 156 Å². The summed E-state index contributed by atoms with van der Waals surface area (Å²) in [6, 6.07) is 16.1. The maximum atomic E-state index is 12.2. The number of carbonyl (C=O) groups excluding carboxylic acids is 1. The van der Waals surface area contributed by atoms with Crippen LogP contribution < -0.4 is 15.0 Å². The highest BCUT2D eigenvalue weighted by atomic mass is 16.5. The van der Waals surface area contributed by atoms with Gasteiger partial charge in [-0.15, -0.1) is 0 Å². The number of nitrogens with one attached hydrogen (secondary N) is 1. The third kappa shape index (κ3) is 6.31. The van der Waals surface area contributed by atoms with Crippen LogP contribution in [0.25, 0.3) is 0 Å². The van der Waals surface area contributed by atoms with E-state index in [-0.39, 0.29) is 6.03 Å². The molecule has 0 aliphatic carbocycles. The van der Waals surface area contributed by atoms with Crippen molar-refractivity contribution in [1.29, 1.82) is 0 Å². The Bertz CT molecular complexity index is 681. The molecule has 140 valence electrons. The van der Waals surface area contributed by atoms with Crippen molar-refractivity contribution >= 4 is 11.7 Å². The molecule has 0 aliphatic heterocycles. The highest BCUT2D eigenvalue weighted by Gasteiger charge is 2.08. The third-order valence-electron chi connectivity index (χ3n) is 4.11. The highest BCUT2D eigenvalue weighted by molar-refractivity contribution is 5.73. The van der Waals surface area contributed by atoms with Crippen LogP contribution in [0.1, 0.15) is 17.5 Å². The summed E-state index contributed by atoms with van der Waals surface area (Å²) in [5.41, 5.74) is 3.47. The van der Waals surface area contributed by atoms with Crippen molar-refractivity contribution in [2.24, 2.45) is 0 Å². The van der Waals surface area contributed by atoms with Crippen molar-refractivity contribution < 1.29 is 9.53 Å². The number of urea groups is 1. The minimum absolute atomic E-state index is 0.0722. The number of rotatable bonds is 8. The van der Waals surface area contributed by atoms with E-state index in [1.807, 2.05) is 45.3 Å². The van der Waals surface area contributed by atoms with Crippen molar-refractivity contribution in [3.63, 3.8) is 0 Å². The van der Waals surface area contributed by atoms with Gasteiger partial charge in [-0.25, -0.2) is 4.79 Å². The lowest BCUT2D eigenvalue weighted by atomic mass is 10.2. The molecule has 0 fully saturated rings. The standard InChI is InChI=1S/C21H29N3O2/c1-17-6-12-20(13-7-17)26-15-5-14-22-21(25)24(4)16-18-8-10-19(11-9-18)23(2)3/h6-13H,5,14-16H2,1-4H3,(H,22,25). The molecule has 1 N–H and O–H groups in total. The van der Waals surface area contributed by atoms with E-state index in [0.717, 1.165) is 23.4 Å². The fourth-order valence-corrected chi connectivity index (χ4v) is 2.47. The minimum atomic E-state index is -0.0722. The average Bonchev–Trinajstić information content (AvgIpc) is 2.63. The molecule has 0 bridgehead atoms. The first kappa shape index (κ1) is 19.6. The Hall–Kier alpha value is -2.69. The Balaban J connectivity index is 1.66. The fourth-order valence-electron chi connectivity index (χ4n) is 2.47. The number of anilines is 1. The summed E-state index contributed by atoms with van der Waals surface area (Å²) in [5, 5.41) is 2.93. The van der Waals surface area contributed by atoms with Gasteiger partial charge in [0.15, 0.2) is 0 Å². The van der Waals surface area contributed by atoms with Crippen LogP contribution in [-0.4, -0.2) is 45.2 Å². The molecule has 0 radical (unpaired) electrons. The number of hydrogen-bond acceptors (Lipinski definition) is 3.